The smallest absolute Gasteiger partial charge is 0.303 e. The lowest BCUT2D eigenvalue weighted by Gasteiger charge is -2.38. The van der Waals surface area contributed by atoms with Crippen LogP contribution in [0.4, 0.5) is 5.13 Å². The molecule has 4 nitrogen and oxygen atoms in total. The summed E-state index contributed by atoms with van der Waals surface area (Å²) >= 11 is 1.74. The Kier molecular flexibility index (Phi) is 3.48. The predicted octanol–water partition coefficient (Wildman–Crippen LogP) is 2.93. The molecule has 0 saturated carbocycles. The highest BCUT2D eigenvalue weighted by Crippen LogP contribution is 2.43. The molecular weight excluding hydrogens is 260 g/mol. The van der Waals surface area contributed by atoms with Gasteiger partial charge in [-0.2, -0.15) is 0 Å². The fourth-order valence-corrected chi connectivity index (χ4v) is 4.64. The van der Waals surface area contributed by atoms with Crippen LogP contribution in [-0.4, -0.2) is 28.1 Å². The number of aromatic nitrogens is 1. The van der Waals surface area contributed by atoms with Gasteiger partial charge in [0.05, 0.1) is 5.69 Å². The molecule has 2 aliphatic heterocycles. The molecule has 104 valence electrons. The Bertz CT molecular complexity index is 460. The molecule has 3 heterocycles. The first-order valence-corrected chi connectivity index (χ1v) is 8.00. The molecular formula is C14H20N2O2S. The van der Waals surface area contributed by atoms with Crippen molar-refractivity contribution in [3.8, 4) is 0 Å². The molecule has 0 amide bonds. The molecule has 2 aliphatic rings. The number of carboxylic acid groups (broad SMARTS) is 1. The van der Waals surface area contributed by atoms with Gasteiger partial charge < -0.3 is 10.0 Å². The summed E-state index contributed by atoms with van der Waals surface area (Å²) in [5.41, 5.74) is 1.17. The van der Waals surface area contributed by atoms with E-state index in [0.717, 1.165) is 24.4 Å². The van der Waals surface area contributed by atoms with Crippen LogP contribution >= 0.6 is 11.3 Å². The minimum absolute atomic E-state index is 0.332. The van der Waals surface area contributed by atoms with Gasteiger partial charge in [0.1, 0.15) is 0 Å². The second-order valence-corrected chi connectivity index (χ2v) is 6.54. The molecule has 0 aromatic carbocycles. The molecule has 19 heavy (non-hydrogen) atoms. The van der Waals surface area contributed by atoms with Gasteiger partial charge in [-0.3, -0.25) is 4.79 Å². The van der Waals surface area contributed by atoms with E-state index in [1.807, 2.05) is 0 Å². The summed E-state index contributed by atoms with van der Waals surface area (Å²) in [6.45, 7) is 2.13. The van der Waals surface area contributed by atoms with Crippen LogP contribution in [-0.2, 0) is 11.2 Å². The van der Waals surface area contributed by atoms with Gasteiger partial charge in [-0.1, -0.05) is 6.92 Å². The number of hydrogen-bond acceptors (Lipinski definition) is 4. The zero-order valence-corrected chi connectivity index (χ0v) is 12.0. The van der Waals surface area contributed by atoms with Gasteiger partial charge in [-0.15, -0.1) is 11.3 Å². The number of piperidine rings is 1. The summed E-state index contributed by atoms with van der Waals surface area (Å²) in [5, 5.41) is 12.3. The van der Waals surface area contributed by atoms with Crippen molar-refractivity contribution in [3.05, 3.63) is 11.1 Å². The lowest BCUT2D eigenvalue weighted by Crippen LogP contribution is -2.43. The summed E-state index contributed by atoms with van der Waals surface area (Å²) in [6.07, 6.45) is 5.75. The summed E-state index contributed by atoms with van der Waals surface area (Å²) in [7, 11) is 0. The number of carboxylic acids is 1. The molecule has 0 radical (unpaired) electrons. The molecule has 0 spiro atoms. The van der Waals surface area contributed by atoms with Crippen molar-refractivity contribution < 1.29 is 9.90 Å². The lowest BCUT2D eigenvalue weighted by molar-refractivity contribution is -0.138. The van der Waals surface area contributed by atoms with E-state index in [4.69, 9.17) is 10.1 Å². The van der Waals surface area contributed by atoms with Gasteiger partial charge in [0, 0.05) is 23.9 Å². The van der Waals surface area contributed by atoms with Crippen molar-refractivity contribution in [2.24, 2.45) is 5.92 Å². The Morgan fingerprint density at radius 2 is 2.16 bits per heavy atom. The maximum Gasteiger partial charge on any atom is 0.303 e. The standard InChI is InChI=1S/C14H20N2O2S/c1-2-10-8-19-14(15-10)16-11-3-4-12(16)6-9(5-11)7-13(17)18/h8-9,11-12H,2-7H2,1H3,(H,17,18). The summed E-state index contributed by atoms with van der Waals surface area (Å²) in [4.78, 5) is 18.1. The first kappa shape index (κ1) is 12.9. The zero-order valence-electron chi connectivity index (χ0n) is 11.2. The van der Waals surface area contributed by atoms with Crippen molar-refractivity contribution >= 4 is 22.4 Å². The SMILES string of the molecule is CCc1csc(N2C3CCC2CC(CC(=O)O)C3)n1. The third kappa shape index (κ3) is 2.48. The third-order valence-electron chi connectivity index (χ3n) is 4.42. The highest BCUT2D eigenvalue weighted by atomic mass is 32.1. The Labute approximate surface area is 117 Å². The van der Waals surface area contributed by atoms with E-state index >= 15 is 0 Å². The van der Waals surface area contributed by atoms with Gasteiger partial charge in [0.25, 0.3) is 0 Å². The Balaban J connectivity index is 1.74. The van der Waals surface area contributed by atoms with E-state index in [9.17, 15) is 4.79 Å². The minimum atomic E-state index is -0.652. The van der Waals surface area contributed by atoms with E-state index in [-0.39, 0.29) is 0 Å². The average molecular weight is 280 g/mol. The van der Waals surface area contributed by atoms with E-state index in [0.29, 0.717) is 24.4 Å². The first-order valence-electron chi connectivity index (χ1n) is 7.12. The normalized spacial score (nSPS) is 29.7. The minimum Gasteiger partial charge on any atom is -0.481 e. The first-order chi connectivity index (χ1) is 9.17. The quantitative estimate of drug-likeness (QED) is 0.921. The number of aryl methyl sites for hydroxylation is 1. The second-order valence-electron chi connectivity index (χ2n) is 5.70. The Morgan fingerprint density at radius 1 is 1.47 bits per heavy atom. The van der Waals surface area contributed by atoms with Crippen LogP contribution in [0.1, 0.15) is 44.7 Å². The van der Waals surface area contributed by atoms with Crippen molar-refractivity contribution in [1.29, 1.82) is 0 Å². The molecule has 2 saturated heterocycles. The van der Waals surface area contributed by atoms with E-state index in [2.05, 4.69) is 17.2 Å². The van der Waals surface area contributed by atoms with Crippen LogP contribution in [0.3, 0.4) is 0 Å². The number of anilines is 1. The number of hydrogen-bond donors (Lipinski definition) is 1. The van der Waals surface area contributed by atoms with Gasteiger partial charge in [-0.25, -0.2) is 4.98 Å². The molecule has 2 bridgehead atoms. The molecule has 1 aromatic heterocycles. The van der Waals surface area contributed by atoms with Crippen molar-refractivity contribution in [2.45, 2.75) is 57.5 Å². The fourth-order valence-electron chi connectivity index (χ4n) is 3.59. The highest BCUT2D eigenvalue weighted by Gasteiger charge is 2.42. The van der Waals surface area contributed by atoms with Crippen molar-refractivity contribution in [1.82, 2.24) is 4.98 Å². The monoisotopic (exact) mass is 280 g/mol. The maximum atomic E-state index is 10.9. The van der Waals surface area contributed by atoms with Gasteiger partial charge in [-0.05, 0) is 38.0 Å². The predicted molar refractivity (Wildman–Crippen MR) is 75.8 cm³/mol. The summed E-state index contributed by atoms with van der Waals surface area (Å²) in [5.74, 6) is -0.294. The van der Waals surface area contributed by atoms with Crippen LogP contribution in [0.5, 0.6) is 0 Å². The van der Waals surface area contributed by atoms with Crippen LogP contribution < -0.4 is 4.90 Å². The molecule has 5 heteroatoms. The van der Waals surface area contributed by atoms with Crippen LogP contribution in [0, 0.1) is 5.92 Å². The van der Waals surface area contributed by atoms with Crippen LogP contribution in [0.15, 0.2) is 5.38 Å². The second kappa shape index (κ2) is 5.12. The number of carbonyl (C=O) groups is 1. The summed E-state index contributed by atoms with van der Waals surface area (Å²) < 4.78 is 0. The molecule has 2 atom stereocenters. The third-order valence-corrected chi connectivity index (χ3v) is 5.32. The largest absolute Gasteiger partial charge is 0.481 e. The van der Waals surface area contributed by atoms with Crippen LogP contribution in [0.25, 0.3) is 0 Å². The maximum absolute atomic E-state index is 10.9. The summed E-state index contributed by atoms with van der Waals surface area (Å²) in [6, 6.07) is 1.03. The number of nitrogens with zero attached hydrogens (tertiary/aromatic N) is 2. The van der Waals surface area contributed by atoms with Gasteiger partial charge in [0.2, 0.25) is 0 Å². The molecule has 1 aromatic rings. The van der Waals surface area contributed by atoms with Crippen LogP contribution in [0.2, 0.25) is 0 Å². The fraction of sp³-hybridized carbons (Fsp3) is 0.714. The zero-order chi connectivity index (χ0) is 13.4. The molecule has 2 fully saturated rings. The Hall–Kier alpha value is -1.10. The molecule has 1 N–H and O–H groups in total. The van der Waals surface area contributed by atoms with E-state index in [1.54, 1.807) is 11.3 Å². The number of rotatable bonds is 4. The average Bonchev–Trinajstić information content (AvgIpc) is 2.91. The number of fused-ring (bicyclic) bond motifs is 2. The molecule has 3 rings (SSSR count). The number of aliphatic carboxylic acids is 1. The van der Waals surface area contributed by atoms with Gasteiger partial charge >= 0.3 is 5.97 Å². The van der Waals surface area contributed by atoms with Gasteiger partial charge in [0.15, 0.2) is 5.13 Å². The topological polar surface area (TPSA) is 53.4 Å². The van der Waals surface area contributed by atoms with E-state index in [1.165, 1.54) is 18.5 Å². The molecule has 0 aliphatic carbocycles. The highest BCUT2D eigenvalue weighted by molar-refractivity contribution is 7.13. The number of thiazole rings is 1. The van der Waals surface area contributed by atoms with Crippen molar-refractivity contribution in [3.63, 3.8) is 0 Å². The Morgan fingerprint density at radius 3 is 2.68 bits per heavy atom. The molecule has 2 unspecified atom stereocenters. The lowest BCUT2D eigenvalue weighted by atomic mass is 9.88. The van der Waals surface area contributed by atoms with E-state index < -0.39 is 5.97 Å². The van der Waals surface area contributed by atoms with Crippen molar-refractivity contribution in [2.75, 3.05) is 4.90 Å².